The Bertz CT molecular complexity index is 1520. The molecule has 0 aliphatic carbocycles. The SMILES string of the molecule is Cn1c(=O)c2c(ncn2CC(=O)NCC2CCN(C(=O)c3cc4ccccc4o3)CC2)n(C)c1=O. The monoisotopic (exact) mass is 478 g/mol. The van der Waals surface area contributed by atoms with Crippen LogP contribution in [0.1, 0.15) is 23.4 Å². The summed E-state index contributed by atoms with van der Waals surface area (Å²) in [5.41, 5.74) is 0.186. The van der Waals surface area contributed by atoms with Crippen LogP contribution in [0.4, 0.5) is 0 Å². The average molecular weight is 479 g/mol. The third kappa shape index (κ3) is 4.13. The number of piperidine rings is 1. The molecule has 1 aromatic carbocycles. The molecule has 1 aliphatic rings. The second-order valence-corrected chi connectivity index (χ2v) is 8.94. The summed E-state index contributed by atoms with van der Waals surface area (Å²) in [7, 11) is 2.93. The Morgan fingerprint density at radius 1 is 1.11 bits per heavy atom. The van der Waals surface area contributed by atoms with Crippen LogP contribution in [0.5, 0.6) is 0 Å². The molecular formula is C24H26N6O5. The molecular weight excluding hydrogens is 452 g/mol. The van der Waals surface area contributed by atoms with E-state index in [2.05, 4.69) is 10.3 Å². The van der Waals surface area contributed by atoms with Gasteiger partial charge in [-0.3, -0.25) is 23.5 Å². The second kappa shape index (κ2) is 8.90. The second-order valence-electron chi connectivity index (χ2n) is 8.94. The highest BCUT2D eigenvalue weighted by atomic mass is 16.3. The van der Waals surface area contributed by atoms with Gasteiger partial charge in [-0.25, -0.2) is 9.78 Å². The first-order chi connectivity index (χ1) is 16.8. The van der Waals surface area contributed by atoms with Gasteiger partial charge in [-0.2, -0.15) is 0 Å². The van der Waals surface area contributed by atoms with Gasteiger partial charge in [0.15, 0.2) is 16.9 Å². The van der Waals surface area contributed by atoms with Crippen LogP contribution in [-0.2, 0) is 25.4 Å². The molecule has 0 saturated carbocycles. The lowest BCUT2D eigenvalue weighted by molar-refractivity contribution is -0.121. The van der Waals surface area contributed by atoms with Crippen molar-refractivity contribution in [3.63, 3.8) is 0 Å². The number of imidazole rings is 1. The van der Waals surface area contributed by atoms with E-state index >= 15 is 0 Å². The Balaban J connectivity index is 1.16. The lowest BCUT2D eigenvalue weighted by atomic mass is 9.96. The third-order valence-corrected chi connectivity index (χ3v) is 6.66. The van der Waals surface area contributed by atoms with E-state index in [1.54, 1.807) is 11.0 Å². The molecule has 35 heavy (non-hydrogen) atoms. The van der Waals surface area contributed by atoms with Crippen molar-refractivity contribution in [2.24, 2.45) is 20.0 Å². The first kappa shape index (κ1) is 22.6. The van der Waals surface area contributed by atoms with Crippen LogP contribution < -0.4 is 16.6 Å². The van der Waals surface area contributed by atoms with Crippen molar-refractivity contribution in [2.75, 3.05) is 19.6 Å². The topological polar surface area (TPSA) is 124 Å². The minimum Gasteiger partial charge on any atom is -0.451 e. The van der Waals surface area contributed by atoms with Crippen LogP contribution in [0.15, 0.2) is 50.7 Å². The molecule has 1 N–H and O–H groups in total. The number of likely N-dealkylation sites (tertiary alicyclic amines) is 1. The molecule has 0 bridgehead atoms. The van der Waals surface area contributed by atoms with Crippen LogP contribution in [0.3, 0.4) is 0 Å². The molecule has 0 radical (unpaired) electrons. The summed E-state index contributed by atoms with van der Waals surface area (Å²) >= 11 is 0. The molecule has 3 aromatic heterocycles. The number of para-hydroxylation sites is 1. The summed E-state index contributed by atoms with van der Waals surface area (Å²) in [5.74, 6) is 0.216. The zero-order valence-corrected chi connectivity index (χ0v) is 19.6. The van der Waals surface area contributed by atoms with Crippen molar-refractivity contribution >= 4 is 33.9 Å². The normalized spacial score (nSPS) is 14.6. The van der Waals surface area contributed by atoms with Crippen molar-refractivity contribution in [1.82, 2.24) is 28.9 Å². The zero-order chi connectivity index (χ0) is 24.7. The molecule has 5 rings (SSSR count). The van der Waals surface area contributed by atoms with Gasteiger partial charge < -0.3 is 19.2 Å². The number of hydrogen-bond acceptors (Lipinski definition) is 6. The van der Waals surface area contributed by atoms with E-state index in [-0.39, 0.29) is 35.4 Å². The average Bonchev–Trinajstić information content (AvgIpc) is 3.49. The van der Waals surface area contributed by atoms with E-state index in [9.17, 15) is 19.2 Å². The van der Waals surface area contributed by atoms with Crippen molar-refractivity contribution in [1.29, 1.82) is 0 Å². The molecule has 182 valence electrons. The molecule has 11 heteroatoms. The minimum absolute atomic E-state index is 0.0761. The molecule has 0 spiro atoms. The largest absolute Gasteiger partial charge is 0.451 e. The van der Waals surface area contributed by atoms with Gasteiger partial charge in [0, 0.05) is 39.1 Å². The van der Waals surface area contributed by atoms with Gasteiger partial charge in [0.05, 0.1) is 6.33 Å². The van der Waals surface area contributed by atoms with E-state index in [4.69, 9.17) is 4.42 Å². The number of aryl methyl sites for hydroxylation is 1. The van der Waals surface area contributed by atoms with Gasteiger partial charge in [-0.15, -0.1) is 0 Å². The Morgan fingerprint density at radius 2 is 1.86 bits per heavy atom. The van der Waals surface area contributed by atoms with Gasteiger partial charge >= 0.3 is 5.69 Å². The number of carbonyl (C=O) groups is 2. The van der Waals surface area contributed by atoms with E-state index < -0.39 is 11.2 Å². The lowest BCUT2D eigenvalue weighted by Gasteiger charge is -2.31. The van der Waals surface area contributed by atoms with Gasteiger partial charge in [0.2, 0.25) is 5.91 Å². The van der Waals surface area contributed by atoms with Crippen LogP contribution in [-0.4, -0.2) is 55.0 Å². The molecule has 2 amide bonds. The molecule has 4 aromatic rings. The maximum Gasteiger partial charge on any atom is 0.332 e. The van der Waals surface area contributed by atoms with Crippen molar-refractivity contribution in [2.45, 2.75) is 19.4 Å². The Hall–Kier alpha value is -4.15. The number of aromatic nitrogens is 4. The molecule has 0 unspecified atom stereocenters. The number of furan rings is 1. The smallest absolute Gasteiger partial charge is 0.332 e. The standard InChI is InChI=1S/C24H26N6O5/c1-27-21-20(23(33)28(2)24(27)34)30(14-26-21)13-19(31)25-12-15-7-9-29(10-8-15)22(32)18-11-16-5-3-4-6-17(16)35-18/h3-6,11,14-15H,7-10,12-13H2,1-2H3,(H,25,31). The quantitative estimate of drug-likeness (QED) is 0.454. The third-order valence-electron chi connectivity index (χ3n) is 6.66. The van der Waals surface area contributed by atoms with Gasteiger partial charge in [-0.1, -0.05) is 18.2 Å². The summed E-state index contributed by atoms with van der Waals surface area (Å²) < 4.78 is 9.44. The van der Waals surface area contributed by atoms with E-state index in [1.165, 1.54) is 29.6 Å². The number of amides is 2. The van der Waals surface area contributed by atoms with Gasteiger partial charge in [0.1, 0.15) is 12.1 Å². The van der Waals surface area contributed by atoms with Crippen molar-refractivity contribution < 1.29 is 14.0 Å². The summed E-state index contributed by atoms with van der Waals surface area (Å²) in [6.45, 7) is 1.58. The molecule has 1 fully saturated rings. The highest BCUT2D eigenvalue weighted by molar-refractivity contribution is 5.96. The number of benzene rings is 1. The molecule has 4 heterocycles. The molecule has 1 aliphatic heterocycles. The predicted molar refractivity (Wildman–Crippen MR) is 128 cm³/mol. The number of hydrogen-bond donors (Lipinski definition) is 1. The van der Waals surface area contributed by atoms with Crippen molar-refractivity contribution in [3.05, 3.63) is 63.3 Å². The Labute approximate surface area is 199 Å². The maximum atomic E-state index is 12.8. The maximum absolute atomic E-state index is 12.8. The summed E-state index contributed by atoms with van der Waals surface area (Å²) in [6, 6.07) is 9.30. The summed E-state index contributed by atoms with van der Waals surface area (Å²) in [4.78, 5) is 55.9. The summed E-state index contributed by atoms with van der Waals surface area (Å²) in [5, 5.41) is 3.82. The van der Waals surface area contributed by atoms with E-state index in [0.717, 1.165) is 22.8 Å². The fraction of sp³-hybridized carbons (Fsp3) is 0.375. The zero-order valence-electron chi connectivity index (χ0n) is 19.6. The van der Waals surface area contributed by atoms with E-state index in [1.807, 2.05) is 24.3 Å². The number of nitrogens with one attached hydrogen (secondary N) is 1. The Kier molecular flexibility index (Phi) is 5.75. The van der Waals surface area contributed by atoms with Crippen molar-refractivity contribution in [3.8, 4) is 0 Å². The fourth-order valence-corrected chi connectivity index (χ4v) is 4.57. The summed E-state index contributed by atoms with van der Waals surface area (Å²) in [6.07, 6.45) is 2.93. The predicted octanol–water partition coefficient (Wildman–Crippen LogP) is 0.849. The number of fused-ring (bicyclic) bond motifs is 2. The molecule has 11 nitrogen and oxygen atoms in total. The van der Waals surface area contributed by atoms with Crippen LogP contribution >= 0.6 is 0 Å². The lowest BCUT2D eigenvalue weighted by Crippen LogP contribution is -2.42. The number of carbonyl (C=O) groups excluding carboxylic acids is 2. The van der Waals surface area contributed by atoms with Crippen LogP contribution in [0.2, 0.25) is 0 Å². The highest BCUT2D eigenvalue weighted by Crippen LogP contribution is 2.23. The first-order valence-electron chi connectivity index (χ1n) is 11.5. The minimum atomic E-state index is -0.491. The Morgan fingerprint density at radius 3 is 2.60 bits per heavy atom. The van der Waals surface area contributed by atoms with Crippen LogP contribution in [0, 0.1) is 5.92 Å². The van der Waals surface area contributed by atoms with Gasteiger partial charge in [0.25, 0.3) is 11.5 Å². The highest BCUT2D eigenvalue weighted by Gasteiger charge is 2.26. The van der Waals surface area contributed by atoms with E-state index in [0.29, 0.717) is 31.0 Å². The molecule has 0 atom stereocenters. The van der Waals surface area contributed by atoms with Gasteiger partial charge in [-0.05, 0) is 30.9 Å². The number of nitrogens with zero attached hydrogens (tertiary/aromatic N) is 5. The fourth-order valence-electron chi connectivity index (χ4n) is 4.57. The first-order valence-corrected chi connectivity index (χ1v) is 11.5. The number of rotatable bonds is 5. The van der Waals surface area contributed by atoms with Crippen LogP contribution in [0.25, 0.3) is 22.1 Å². The molecule has 1 saturated heterocycles.